The van der Waals surface area contributed by atoms with Crippen LogP contribution in [-0.4, -0.2) is 26.7 Å². The SMILES string of the molecule is COc1ccc(C(C)(C)CNC(=O)C2CCCCCC2)cc1OC. The van der Waals surface area contributed by atoms with Crippen molar-refractivity contribution in [3.63, 3.8) is 0 Å². The molecule has 0 heterocycles. The van der Waals surface area contributed by atoms with Crippen molar-refractivity contribution in [3.05, 3.63) is 23.8 Å². The number of ether oxygens (including phenoxy) is 2. The topological polar surface area (TPSA) is 47.6 Å². The zero-order valence-electron chi connectivity index (χ0n) is 15.5. The highest BCUT2D eigenvalue weighted by atomic mass is 16.5. The molecule has 1 aromatic rings. The zero-order chi connectivity index (χ0) is 17.6. The lowest BCUT2D eigenvalue weighted by Crippen LogP contribution is -2.39. The van der Waals surface area contributed by atoms with Gasteiger partial charge in [-0.2, -0.15) is 0 Å². The van der Waals surface area contributed by atoms with Crippen LogP contribution in [0.1, 0.15) is 57.9 Å². The van der Waals surface area contributed by atoms with Crippen molar-refractivity contribution in [2.24, 2.45) is 5.92 Å². The predicted molar refractivity (Wildman–Crippen MR) is 96.8 cm³/mol. The third-order valence-electron chi connectivity index (χ3n) is 5.10. The number of amides is 1. The number of nitrogens with one attached hydrogen (secondary N) is 1. The number of carbonyl (C=O) groups is 1. The Bertz CT molecular complexity index is 546. The van der Waals surface area contributed by atoms with E-state index in [1.54, 1.807) is 14.2 Å². The average molecular weight is 333 g/mol. The summed E-state index contributed by atoms with van der Waals surface area (Å²) in [5, 5.41) is 3.17. The first kappa shape index (κ1) is 18.6. The highest BCUT2D eigenvalue weighted by Crippen LogP contribution is 2.33. The maximum absolute atomic E-state index is 12.5. The van der Waals surface area contributed by atoms with Crippen LogP contribution < -0.4 is 14.8 Å². The van der Waals surface area contributed by atoms with E-state index in [9.17, 15) is 4.79 Å². The van der Waals surface area contributed by atoms with Crippen molar-refractivity contribution in [1.29, 1.82) is 0 Å². The molecular weight excluding hydrogens is 302 g/mol. The average Bonchev–Trinajstić information content (AvgIpc) is 2.88. The van der Waals surface area contributed by atoms with Crippen LogP contribution in [0.15, 0.2) is 18.2 Å². The van der Waals surface area contributed by atoms with E-state index in [0.29, 0.717) is 6.54 Å². The number of benzene rings is 1. The van der Waals surface area contributed by atoms with E-state index >= 15 is 0 Å². The second kappa shape index (κ2) is 8.41. The summed E-state index contributed by atoms with van der Waals surface area (Å²) in [5.74, 6) is 1.84. The molecule has 0 bridgehead atoms. The van der Waals surface area contributed by atoms with Gasteiger partial charge in [0.15, 0.2) is 11.5 Å². The van der Waals surface area contributed by atoms with Crippen LogP contribution in [0.3, 0.4) is 0 Å². The lowest BCUT2D eigenvalue weighted by atomic mass is 9.84. The van der Waals surface area contributed by atoms with Crippen LogP contribution in [-0.2, 0) is 10.2 Å². The Kier molecular flexibility index (Phi) is 6.52. The fraction of sp³-hybridized carbons (Fsp3) is 0.650. The molecule has 1 aromatic carbocycles. The molecule has 1 saturated carbocycles. The van der Waals surface area contributed by atoms with Gasteiger partial charge in [0.25, 0.3) is 0 Å². The number of hydrogen-bond acceptors (Lipinski definition) is 3. The molecule has 0 aromatic heterocycles. The van der Waals surface area contributed by atoms with Gasteiger partial charge in [-0.3, -0.25) is 4.79 Å². The summed E-state index contributed by atoms with van der Waals surface area (Å²) in [6, 6.07) is 5.96. The van der Waals surface area contributed by atoms with Crippen LogP contribution in [0.2, 0.25) is 0 Å². The smallest absolute Gasteiger partial charge is 0.223 e. The van der Waals surface area contributed by atoms with Crippen molar-refractivity contribution in [2.75, 3.05) is 20.8 Å². The van der Waals surface area contributed by atoms with Gasteiger partial charge in [0.2, 0.25) is 5.91 Å². The normalized spacial score (nSPS) is 16.3. The molecule has 2 rings (SSSR count). The molecule has 1 aliphatic carbocycles. The van der Waals surface area contributed by atoms with E-state index in [-0.39, 0.29) is 17.2 Å². The molecule has 4 heteroatoms. The Morgan fingerprint density at radius 1 is 1.08 bits per heavy atom. The molecule has 134 valence electrons. The fourth-order valence-electron chi connectivity index (χ4n) is 3.35. The van der Waals surface area contributed by atoms with Crippen molar-refractivity contribution < 1.29 is 14.3 Å². The number of hydrogen-bond donors (Lipinski definition) is 1. The molecule has 0 radical (unpaired) electrons. The van der Waals surface area contributed by atoms with Gasteiger partial charge < -0.3 is 14.8 Å². The van der Waals surface area contributed by atoms with Crippen molar-refractivity contribution in [1.82, 2.24) is 5.32 Å². The molecule has 0 unspecified atom stereocenters. The summed E-state index contributed by atoms with van der Waals surface area (Å²) >= 11 is 0. The summed E-state index contributed by atoms with van der Waals surface area (Å²) in [4.78, 5) is 12.5. The summed E-state index contributed by atoms with van der Waals surface area (Å²) in [7, 11) is 3.28. The van der Waals surface area contributed by atoms with E-state index < -0.39 is 0 Å². The van der Waals surface area contributed by atoms with E-state index in [1.807, 2.05) is 18.2 Å². The van der Waals surface area contributed by atoms with Gasteiger partial charge in [-0.1, -0.05) is 45.6 Å². The van der Waals surface area contributed by atoms with Gasteiger partial charge in [0.05, 0.1) is 14.2 Å². The van der Waals surface area contributed by atoms with Crippen LogP contribution in [0.25, 0.3) is 0 Å². The standard InChI is InChI=1S/C20H31NO3/c1-20(2,16-11-12-17(23-3)18(13-16)24-4)14-21-19(22)15-9-7-5-6-8-10-15/h11-13,15H,5-10,14H2,1-4H3,(H,21,22). The second-order valence-electron chi connectivity index (χ2n) is 7.36. The molecule has 1 N–H and O–H groups in total. The van der Waals surface area contributed by atoms with Gasteiger partial charge >= 0.3 is 0 Å². The fourth-order valence-corrected chi connectivity index (χ4v) is 3.35. The molecule has 1 aliphatic rings. The predicted octanol–water partition coefficient (Wildman–Crippen LogP) is 4.07. The van der Waals surface area contributed by atoms with Crippen LogP contribution in [0.5, 0.6) is 11.5 Å². The summed E-state index contributed by atoms with van der Waals surface area (Å²) in [6.45, 7) is 4.90. The summed E-state index contributed by atoms with van der Waals surface area (Å²) in [5.41, 5.74) is 0.959. The second-order valence-corrected chi connectivity index (χ2v) is 7.36. The van der Waals surface area contributed by atoms with Gasteiger partial charge in [0, 0.05) is 17.9 Å². The molecule has 1 amide bonds. The monoisotopic (exact) mass is 333 g/mol. The number of methoxy groups -OCH3 is 2. The largest absolute Gasteiger partial charge is 0.493 e. The first-order valence-electron chi connectivity index (χ1n) is 8.98. The maximum atomic E-state index is 12.5. The first-order chi connectivity index (χ1) is 11.5. The van der Waals surface area contributed by atoms with E-state index in [1.165, 1.54) is 25.7 Å². The lowest BCUT2D eigenvalue weighted by molar-refractivity contribution is -0.125. The molecule has 0 atom stereocenters. The van der Waals surface area contributed by atoms with Crippen LogP contribution in [0, 0.1) is 5.92 Å². The highest BCUT2D eigenvalue weighted by Gasteiger charge is 2.26. The van der Waals surface area contributed by atoms with Crippen molar-refractivity contribution in [2.45, 2.75) is 57.8 Å². The molecule has 0 saturated heterocycles. The van der Waals surface area contributed by atoms with E-state index in [0.717, 1.165) is 29.9 Å². The van der Waals surface area contributed by atoms with Gasteiger partial charge in [0.1, 0.15) is 0 Å². The first-order valence-corrected chi connectivity index (χ1v) is 8.98. The Balaban J connectivity index is 2.01. The molecule has 24 heavy (non-hydrogen) atoms. The third kappa shape index (κ3) is 4.65. The molecule has 0 aliphatic heterocycles. The summed E-state index contributed by atoms with van der Waals surface area (Å²) < 4.78 is 10.7. The van der Waals surface area contributed by atoms with Crippen LogP contribution in [0.4, 0.5) is 0 Å². The minimum atomic E-state index is -0.167. The van der Waals surface area contributed by atoms with Crippen molar-refractivity contribution in [3.8, 4) is 11.5 Å². The molecule has 0 spiro atoms. The number of rotatable bonds is 6. The highest BCUT2D eigenvalue weighted by molar-refractivity contribution is 5.78. The van der Waals surface area contributed by atoms with Crippen molar-refractivity contribution >= 4 is 5.91 Å². The zero-order valence-corrected chi connectivity index (χ0v) is 15.5. The minimum Gasteiger partial charge on any atom is -0.493 e. The molecular formula is C20H31NO3. The van der Waals surface area contributed by atoms with E-state index in [4.69, 9.17) is 9.47 Å². The minimum absolute atomic E-state index is 0.167. The van der Waals surface area contributed by atoms with Gasteiger partial charge in [-0.25, -0.2) is 0 Å². The molecule has 1 fully saturated rings. The van der Waals surface area contributed by atoms with E-state index in [2.05, 4.69) is 19.2 Å². The number of carbonyl (C=O) groups excluding carboxylic acids is 1. The third-order valence-corrected chi connectivity index (χ3v) is 5.10. The lowest BCUT2D eigenvalue weighted by Gasteiger charge is -2.27. The van der Waals surface area contributed by atoms with Gasteiger partial charge in [-0.15, -0.1) is 0 Å². The van der Waals surface area contributed by atoms with Crippen LogP contribution >= 0.6 is 0 Å². The van der Waals surface area contributed by atoms with Gasteiger partial charge in [-0.05, 0) is 30.5 Å². The Morgan fingerprint density at radius 2 is 1.71 bits per heavy atom. The Hall–Kier alpha value is -1.71. The maximum Gasteiger partial charge on any atom is 0.223 e. The Labute approximate surface area is 145 Å². The molecule has 4 nitrogen and oxygen atoms in total. The summed E-state index contributed by atoms with van der Waals surface area (Å²) in [6.07, 6.45) is 6.95. The Morgan fingerprint density at radius 3 is 2.29 bits per heavy atom. The quantitative estimate of drug-likeness (QED) is 0.798.